The van der Waals surface area contributed by atoms with Gasteiger partial charge in [0.1, 0.15) is 0 Å². The Hall–Kier alpha value is -0.820. The molecule has 2 N–H and O–H groups in total. The molecule has 0 saturated heterocycles. The van der Waals surface area contributed by atoms with E-state index >= 15 is 0 Å². The van der Waals surface area contributed by atoms with Gasteiger partial charge in [-0.1, -0.05) is 51.1 Å². The van der Waals surface area contributed by atoms with Crippen LogP contribution in [-0.4, -0.2) is 0 Å². The van der Waals surface area contributed by atoms with Crippen molar-refractivity contribution in [2.75, 3.05) is 0 Å². The molecular weight excluding hydrogens is 170 g/mol. The van der Waals surface area contributed by atoms with Gasteiger partial charge in [-0.05, 0) is 23.8 Å². The Morgan fingerprint density at radius 1 is 1.07 bits per heavy atom. The van der Waals surface area contributed by atoms with Gasteiger partial charge in [-0.3, -0.25) is 0 Å². The molecule has 0 aliphatic carbocycles. The van der Waals surface area contributed by atoms with Gasteiger partial charge in [0, 0.05) is 6.04 Å². The van der Waals surface area contributed by atoms with Gasteiger partial charge >= 0.3 is 0 Å². The Morgan fingerprint density at radius 2 is 1.64 bits per heavy atom. The Balaban J connectivity index is 2.61. The van der Waals surface area contributed by atoms with E-state index in [2.05, 4.69) is 45.0 Å². The van der Waals surface area contributed by atoms with Gasteiger partial charge in [0.25, 0.3) is 0 Å². The zero-order chi connectivity index (χ0) is 10.6. The maximum atomic E-state index is 6.19. The van der Waals surface area contributed by atoms with E-state index < -0.39 is 0 Å². The third-order valence-electron chi connectivity index (χ3n) is 2.64. The van der Waals surface area contributed by atoms with Crippen molar-refractivity contribution in [3.8, 4) is 0 Å². The average Bonchev–Trinajstić information content (AvgIpc) is 2.17. The van der Waals surface area contributed by atoms with Crippen LogP contribution in [0.2, 0.25) is 0 Å². The van der Waals surface area contributed by atoms with E-state index in [1.165, 1.54) is 12.0 Å². The van der Waals surface area contributed by atoms with Gasteiger partial charge < -0.3 is 5.73 Å². The second-order valence-electron chi connectivity index (χ2n) is 4.54. The topological polar surface area (TPSA) is 26.0 Å². The lowest BCUT2D eigenvalue weighted by Gasteiger charge is -2.21. The van der Waals surface area contributed by atoms with Crippen molar-refractivity contribution in [3.63, 3.8) is 0 Å². The lowest BCUT2D eigenvalue weighted by Crippen LogP contribution is -2.20. The number of hydrogen-bond donors (Lipinski definition) is 1. The van der Waals surface area contributed by atoms with Crippen LogP contribution in [0.1, 0.15) is 38.8 Å². The molecule has 1 nitrogen and oxygen atoms in total. The highest BCUT2D eigenvalue weighted by atomic mass is 14.6. The van der Waals surface area contributed by atoms with Crippen LogP contribution in [-0.2, 0) is 0 Å². The fraction of sp³-hybridized carbons (Fsp3) is 0.538. The fourth-order valence-electron chi connectivity index (χ4n) is 1.89. The van der Waals surface area contributed by atoms with Crippen molar-refractivity contribution < 1.29 is 0 Å². The van der Waals surface area contributed by atoms with Gasteiger partial charge in [0.2, 0.25) is 0 Å². The highest BCUT2D eigenvalue weighted by Gasteiger charge is 2.15. The lowest BCUT2D eigenvalue weighted by molar-refractivity contribution is 0.378. The molecular formula is C13H21N. The van der Waals surface area contributed by atoms with Gasteiger partial charge in [0.05, 0.1) is 0 Å². The van der Waals surface area contributed by atoms with E-state index in [0.29, 0.717) is 5.92 Å². The summed E-state index contributed by atoms with van der Waals surface area (Å²) >= 11 is 0. The molecule has 0 aliphatic heterocycles. The van der Waals surface area contributed by atoms with Crippen molar-refractivity contribution >= 4 is 0 Å². The molecule has 0 fully saturated rings. The van der Waals surface area contributed by atoms with Gasteiger partial charge in [-0.25, -0.2) is 0 Å². The summed E-state index contributed by atoms with van der Waals surface area (Å²) in [5.74, 6) is 1.28. The summed E-state index contributed by atoms with van der Waals surface area (Å²) in [6.07, 6.45) is 1.19. The van der Waals surface area contributed by atoms with Crippen LogP contribution < -0.4 is 5.73 Å². The Labute approximate surface area is 87.3 Å². The second-order valence-corrected chi connectivity index (χ2v) is 4.54. The Kier molecular flexibility index (Phi) is 4.15. The molecule has 1 aromatic rings. The highest BCUT2D eigenvalue weighted by molar-refractivity contribution is 5.18. The summed E-state index contributed by atoms with van der Waals surface area (Å²) in [7, 11) is 0. The van der Waals surface area contributed by atoms with Crippen LogP contribution in [0.25, 0.3) is 0 Å². The first-order valence-electron chi connectivity index (χ1n) is 5.41. The van der Waals surface area contributed by atoms with Crippen LogP contribution >= 0.6 is 0 Å². The molecule has 1 rings (SSSR count). The smallest absolute Gasteiger partial charge is 0.0320 e. The molecule has 1 heteroatoms. The SMILES string of the molecule is CC(C)CC(C)C(N)c1ccccc1. The maximum absolute atomic E-state index is 6.19. The molecule has 0 saturated carbocycles. The summed E-state index contributed by atoms with van der Waals surface area (Å²) < 4.78 is 0. The quantitative estimate of drug-likeness (QED) is 0.776. The van der Waals surface area contributed by atoms with Gasteiger partial charge in [-0.2, -0.15) is 0 Å². The van der Waals surface area contributed by atoms with Crippen LogP contribution in [0.15, 0.2) is 30.3 Å². The molecule has 2 unspecified atom stereocenters. The normalized spacial score (nSPS) is 15.5. The fourth-order valence-corrected chi connectivity index (χ4v) is 1.89. The average molecular weight is 191 g/mol. The molecule has 14 heavy (non-hydrogen) atoms. The van der Waals surface area contributed by atoms with Crippen molar-refractivity contribution in [3.05, 3.63) is 35.9 Å². The van der Waals surface area contributed by atoms with Crippen LogP contribution in [0.4, 0.5) is 0 Å². The van der Waals surface area contributed by atoms with Crippen molar-refractivity contribution in [1.29, 1.82) is 0 Å². The molecule has 0 amide bonds. The summed E-state index contributed by atoms with van der Waals surface area (Å²) in [4.78, 5) is 0. The number of benzene rings is 1. The molecule has 2 atom stereocenters. The van der Waals surface area contributed by atoms with E-state index in [0.717, 1.165) is 5.92 Å². The van der Waals surface area contributed by atoms with E-state index in [-0.39, 0.29) is 6.04 Å². The summed E-state index contributed by atoms with van der Waals surface area (Å²) in [5.41, 5.74) is 7.44. The maximum Gasteiger partial charge on any atom is 0.0320 e. The van der Waals surface area contributed by atoms with Crippen molar-refractivity contribution in [1.82, 2.24) is 0 Å². The molecule has 0 heterocycles. The minimum atomic E-state index is 0.179. The molecule has 78 valence electrons. The van der Waals surface area contributed by atoms with Crippen molar-refractivity contribution in [2.45, 2.75) is 33.2 Å². The predicted octanol–water partition coefficient (Wildman–Crippen LogP) is 3.37. The largest absolute Gasteiger partial charge is 0.324 e. The van der Waals surface area contributed by atoms with E-state index in [4.69, 9.17) is 5.73 Å². The van der Waals surface area contributed by atoms with Crippen molar-refractivity contribution in [2.24, 2.45) is 17.6 Å². The minimum absolute atomic E-state index is 0.179. The predicted molar refractivity (Wildman–Crippen MR) is 62.0 cm³/mol. The van der Waals surface area contributed by atoms with E-state index in [1.807, 2.05) is 6.07 Å². The number of nitrogens with two attached hydrogens (primary N) is 1. The third kappa shape index (κ3) is 3.15. The summed E-state index contributed by atoms with van der Waals surface area (Å²) in [5, 5.41) is 0. The zero-order valence-corrected chi connectivity index (χ0v) is 9.40. The first-order valence-corrected chi connectivity index (χ1v) is 5.41. The van der Waals surface area contributed by atoms with Crippen LogP contribution in [0.3, 0.4) is 0 Å². The Morgan fingerprint density at radius 3 is 2.14 bits per heavy atom. The van der Waals surface area contributed by atoms with Gasteiger partial charge in [0.15, 0.2) is 0 Å². The standard InChI is InChI=1S/C13H21N/c1-10(2)9-11(3)13(14)12-7-5-4-6-8-12/h4-8,10-11,13H,9,14H2,1-3H3. The summed E-state index contributed by atoms with van der Waals surface area (Å²) in [6, 6.07) is 10.5. The molecule has 0 spiro atoms. The number of rotatable bonds is 4. The third-order valence-corrected chi connectivity index (χ3v) is 2.64. The number of hydrogen-bond acceptors (Lipinski definition) is 1. The molecule has 0 bridgehead atoms. The molecule has 0 aliphatic rings. The highest BCUT2D eigenvalue weighted by Crippen LogP contribution is 2.24. The molecule has 0 radical (unpaired) electrons. The Bertz CT molecular complexity index is 253. The van der Waals surface area contributed by atoms with E-state index in [9.17, 15) is 0 Å². The molecule has 0 aromatic heterocycles. The van der Waals surface area contributed by atoms with Crippen LogP contribution in [0.5, 0.6) is 0 Å². The zero-order valence-electron chi connectivity index (χ0n) is 9.40. The monoisotopic (exact) mass is 191 g/mol. The minimum Gasteiger partial charge on any atom is -0.324 e. The first-order chi connectivity index (χ1) is 6.61. The first kappa shape index (κ1) is 11.3. The summed E-state index contributed by atoms with van der Waals surface area (Å²) in [6.45, 7) is 6.72. The van der Waals surface area contributed by atoms with Crippen LogP contribution in [0, 0.1) is 11.8 Å². The lowest BCUT2D eigenvalue weighted by atomic mass is 9.88. The molecule has 1 aromatic carbocycles. The van der Waals surface area contributed by atoms with Gasteiger partial charge in [-0.15, -0.1) is 0 Å². The van der Waals surface area contributed by atoms with E-state index in [1.54, 1.807) is 0 Å². The second kappa shape index (κ2) is 5.16.